The van der Waals surface area contributed by atoms with Crippen LogP contribution in [-0.4, -0.2) is 0 Å². The lowest BCUT2D eigenvalue weighted by atomic mass is 9.59. The van der Waals surface area contributed by atoms with E-state index in [1.165, 1.54) is 83.9 Å². The molecule has 2 heterocycles. The molecule has 3 heteroatoms. The van der Waals surface area contributed by atoms with Gasteiger partial charge in [-0.05, 0) is 116 Å². The lowest BCUT2D eigenvalue weighted by Gasteiger charge is -2.51. The highest BCUT2D eigenvalue weighted by Gasteiger charge is 2.52. The summed E-state index contributed by atoms with van der Waals surface area (Å²) in [6, 6.07) is 82.3. The first-order valence-corrected chi connectivity index (χ1v) is 21.0. The quantitative estimate of drug-likeness (QED) is 0.165. The van der Waals surface area contributed by atoms with Gasteiger partial charge in [0.25, 0.3) is 0 Å². The minimum absolute atomic E-state index is 0.663. The van der Waals surface area contributed by atoms with Crippen molar-refractivity contribution >= 4 is 44.4 Å². The molecule has 0 saturated carbocycles. The van der Waals surface area contributed by atoms with Crippen LogP contribution in [-0.2, 0) is 12.0 Å². The highest BCUT2D eigenvalue weighted by atomic mass is 79.9. The number of anilines is 5. The molecule has 0 aliphatic carbocycles. The Labute approximate surface area is 354 Å². The number of fused-ring (bicyclic) bond motifs is 8. The van der Waals surface area contributed by atoms with Crippen LogP contribution >= 0.6 is 15.9 Å². The fourth-order valence-corrected chi connectivity index (χ4v) is 10.1. The highest BCUT2D eigenvalue weighted by Crippen LogP contribution is 2.64. The first-order chi connectivity index (χ1) is 29.2. The van der Waals surface area contributed by atoms with Gasteiger partial charge in [0.1, 0.15) is 0 Å². The minimum Gasteiger partial charge on any atom is -0.336 e. The Morgan fingerprint density at radius 1 is 0.339 bits per heavy atom. The molecule has 0 fully saturated rings. The molecule has 0 aromatic heterocycles. The van der Waals surface area contributed by atoms with Crippen LogP contribution in [0.15, 0.2) is 229 Å². The smallest absolute Gasteiger partial charge is 0.0783 e. The van der Waals surface area contributed by atoms with Crippen LogP contribution in [0.3, 0.4) is 0 Å². The van der Waals surface area contributed by atoms with Crippen LogP contribution in [0.4, 0.5) is 28.4 Å². The predicted octanol–water partition coefficient (Wildman–Crippen LogP) is 15.3. The summed E-state index contributed by atoms with van der Waals surface area (Å²) in [7, 11) is 0. The normalized spacial score (nSPS) is 13.3. The summed E-state index contributed by atoms with van der Waals surface area (Å²) in [6.45, 7) is 0.698. The molecular formula is C56H39BrN2. The van der Waals surface area contributed by atoms with Gasteiger partial charge in [-0.3, -0.25) is 0 Å². The second-order valence-corrected chi connectivity index (χ2v) is 16.3. The molecule has 59 heavy (non-hydrogen) atoms. The fraction of sp³-hybridized carbons (Fsp3) is 0.0357. The Morgan fingerprint density at radius 3 is 1.22 bits per heavy atom. The van der Waals surface area contributed by atoms with Crippen molar-refractivity contribution in [3.63, 3.8) is 0 Å². The largest absolute Gasteiger partial charge is 0.336 e. The molecule has 0 amide bonds. The standard InChI is InChI=1S/C56H39BrN2/c57-51-37-44(41-21-9-3-10-22-41)29-30-45(51)38-58-52-27-15-13-25-47(52)56(48-26-14-16-28-53(48)58)49-35-42(39-17-5-1-6-18-39)31-33-54(49)59(46-23-11-4-12-24-46)55-34-32-43(36-50(55)56)40-19-7-2-8-20-40/h1-37H,38H2. The Morgan fingerprint density at radius 2 is 0.746 bits per heavy atom. The number of halogens is 1. The van der Waals surface area contributed by atoms with E-state index >= 15 is 0 Å². The van der Waals surface area contributed by atoms with E-state index in [1.54, 1.807) is 0 Å². The summed E-state index contributed by atoms with van der Waals surface area (Å²) < 4.78 is 1.10. The number of nitrogens with zero attached hydrogens (tertiary/aromatic N) is 2. The van der Waals surface area contributed by atoms with Gasteiger partial charge in [-0.2, -0.15) is 0 Å². The number of rotatable bonds is 6. The Kier molecular flexibility index (Phi) is 8.64. The Hall–Kier alpha value is -6.94. The van der Waals surface area contributed by atoms with Crippen molar-refractivity contribution in [1.82, 2.24) is 0 Å². The van der Waals surface area contributed by atoms with Gasteiger partial charge in [-0.15, -0.1) is 0 Å². The van der Waals surface area contributed by atoms with Crippen LogP contribution in [0.5, 0.6) is 0 Å². The molecule has 0 N–H and O–H groups in total. The Bertz CT molecular complexity index is 2840. The van der Waals surface area contributed by atoms with Crippen molar-refractivity contribution < 1.29 is 0 Å². The second kappa shape index (κ2) is 14.5. The van der Waals surface area contributed by atoms with Gasteiger partial charge in [-0.1, -0.05) is 186 Å². The van der Waals surface area contributed by atoms with Gasteiger partial charge in [0, 0.05) is 28.1 Å². The predicted molar refractivity (Wildman–Crippen MR) is 249 cm³/mol. The molecular weight excluding hydrogens is 781 g/mol. The van der Waals surface area contributed by atoms with E-state index in [0.29, 0.717) is 6.54 Å². The van der Waals surface area contributed by atoms with Crippen molar-refractivity contribution in [2.75, 3.05) is 9.80 Å². The number of para-hydroxylation sites is 3. The van der Waals surface area contributed by atoms with Crippen molar-refractivity contribution in [2.45, 2.75) is 12.0 Å². The molecule has 2 aliphatic heterocycles. The number of hydrogen-bond acceptors (Lipinski definition) is 2. The van der Waals surface area contributed by atoms with Crippen LogP contribution in [0.25, 0.3) is 33.4 Å². The van der Waals surface area contributed by atoms with Crippen molar-refractivity contribution in [3.05, 3.63) is 257 Å². The van der Waals surface area contributed by atoms with Gasteiger partial charge in [0.15, 0.2) is 0 Å². The van der Waals surface area contributed by atoms with Gasteiger partial charge in [0.2, 0.25) is 0 Å². The molecule has 2 aliphatic rings. The van der Waals surface area contributed by atoms with Crippen molar-refractivity contribution in [1.29, 1.82) is 0 Å². The molecule has 2 nitrogen and oxygen atoms in total. The van der Waals surface area contributed by atoms with Gasteiger partial charge in [0.05, 0.1) is 16.8 Å². The van der Waals surface area contributed by atoms with E-state index < -0.39 is 5.41 Å². The number of benzene rings is 9. The summed E-state index contributed by atoms with van der Waals surface area (Å²) in [6.07, 6.45) is 0. The summed E-state index contributed by atoms with van der Waals surface area (Å²) in [5.41, 5.74) is 18.7. The maximum Gasteiger partial charge on any atom is 0.0783 e. The zero-order valence-corrected chi connectivity index (χ0v) is 33.9. The zero-order valence-electron chi connectivity index (χ0n) is 32.3. The van der Waals surface area contributed by atoms with Crippen LogP contribution < -0.4 is 9.80 Å². The SMILES string of the molecule is Brc1cc(-c2ccccc2)ccc1CN1c2ccccc2C2(c3ccccc31)c1cc(-c3ccccc3)ccc1N(c1ccccc1)c1ccc(-c3ccccc3)cc12. The average Bonchev–Trinajstić information content (AvgIpc) is 3.31. The molecule has 280 valence electrons. The molecule has 9 aromatic carbocycles. The first-order valence-electron chi connectivity index (χ1n) is 20.2. The molecule has 0 bridgehead atoms. The third kappa shape index (κ3) is 5.76. The van der Waals surface area contributed by atoms with Crippen molar-refractivity contribution in [3.8, 4) is 33.4 Å². The van der Waals surface area contributed by atoms with Gasteiger partial charge < -0.3 is 9.80 Å². The third-order valence-corrected chi connectivity index (χ3v) is 12.9. The lowest BCUT2D eigenvalue weighted by Crippen LogP contribution is -2.42. The summed E-state index contributed by atoms with van der Waals surface area (Å²) in [4.78, 5) is 5.01. The maximum atomic E-state index is 4.02. The third-order valence-electron chi connectivity index (χ3n) is 12.2. The zero-order chi connectivity index (χ0) is 39.3. The van der Waals surface area contributed by atoms with E-state index in [4.69, 9.17) is 0 Å². The van der Waals surface area contributed by atoms with Gasteiger partial charge in [-0.25, -0.2) is 0 Å². The van der Waals surface area contributed by atoms with E-state index in [-0.39, 0.29) is 0 Å². The molecule has 0 atom stereocenters. The van der Waals surface area contributed by atoms with Crippen LogP contribution in [0.2, 0.25) is 0 Å². The summed E-state index contributed by atoms with van der Waals surface area (Å²) in [5, 5.41) is 0. The Balaban J connectivity index is 1.20. The first kappa shape index (κ1) is 35.2. The minimum atomic E-state index is -0.663. The van der Waals surface area contributed by atoms with Gasteiger partial charge >= 0.3 is 0 Å². The van der Waals surface area contributed by atoms with Crippen molar-refractivity contribution in [2.24, 2.45) is 0 Å². The van der Waals surface area contributed by atoms with E-state index in [0.717, 1.165) is 10.2 Å². The monoisotopic (exact) mass is 818 g/mol. The fourth-order valence-electron chi connectivity index (χ4n) is 9.55. The number of hydrogen-bond donors (Lipinski definition) is 0. The van der Waals surface area contributed by atoms with E-state index in [2.05, 4.69) is 250 Å². The summed E-state index contributed by atoms with van der Waals surface area (Å²) in [5.74, 6) is 0. The van der Waals surface area contributed by atoms with Crippen LogP contribution in [0, 0.1) is 0 Å². The molecule has 9 aromatic rings. The second-order valence-electron chi connectivity index (χ2n) is 15.4. The molecule has 0 saturated heterocycles. The highest BCUT2D eigenvalue weighted by molar-refractivity contribution is 9.10. The lowest BCUT2D eigenvalue weighted by molar-refractivity contribution is 0.705. The molecule has 0 radical (unpaired) electrons. The van der Waals surface area contributed by atoms with E-state index in [9.17, 15) is 0 Å². The average molecular weight is 820 g/mol. The van der Waals surface area contributed by atoms with E-state index in [1.807, 2.05) is 0 Å². The molecule has 1 spiro atoms. The summed E-state index contributed by atoms with van der Waals surface area (Å²) >= 11 is 4.02. The molecule has 11 rings (SSSR count). The maximum absolute atomic E-state index is 4.02. The molecule has 0 unspecified atom stereocenters. The van der Waals surface area contributed by atoms with Crippen LogP contribution in [0.1, 0.15) is 27.8 Å². The topological polar surface area (TPSA) is 6.48 Å².